The van der Waals surface area contributed by atoms with E-state index in [2.05, 4.69) is 83.4 Å². The second-order valence-electron chi connectivity index (χ2n) is 10.4. The van der Waals surface area contributed by atoms with Crippen molar-refractivity contribution in [2.75, 3.05) is 17.2 Å². The smallest absolute Gasteiger partial charge is 0.257 e. The molecule has 3 unspecified atom stereocenters. The summed E-state index contributed by atoms with van der Waals surface area (Å²) in [5.74, 6) is 1.29. The second kappa shape index (κ2) is 9.63. The molecule has 0 saturated carbocycles. The molecule has 1 amide bonds. The Morgan fingerprint density at radius 2 is 1.62 bits per heavy atom. The third-order valence-corrected chi connectivity index (χ3v) is 8.19. The zero-order valence-corrected chi connectivity index (χ0v) is 21.9. The quantitative estimate of drug-likeness (QED) is 0.184. The summed E-state index contributed by atoms with van der Waals surface area (Å²) in [4.78, 5) is 13.7. The first-order valence-electron chi connectivity index (χ1n) is 13.7. The molecule has 5 aromatic rings. The zero-order chi connectivity index (χ0) is 26.3. The molecule has 7 rings (SSSR count). The summed E-state index contributed by atoms with van der Waals surface area (Å²) in [7, 11) is 0. The van der Waals surface area contributed by atoms with Gasteiger partial charge in [0.15, 0.2) is 0 Å². The predicted octanol–water partition coefficient (Wildman–Crippen LogP) is 8.47. The van der Waals surface area contributed by atoms with Gasteiger partial charge in [0.05, 0.1) is 23.9 Å². The number of carbonyl (C=O) groups is 1. The molecule has 1 aliphatic carbocycles. The molecular formula is C35H30N2O2. The summed E-state index contributed by atoms with van der Waals surface area (Å²) in [6, 6.07) is 33.3. The second-order valence-corrected chi connectivity index (χ2v) is 10.4. The lowest BCUT2D eigenvalue weighted by Crippen LogP contribution is -2.31. The lowest BCUT2D eigenvalue weighted by molar-refractivity contribution is 0.102. The number of nitrogens with one attached hydrogen (secondary N) is 2. The average molecular weight is 511 g/mol. The number of hydrogen-bond acceptors (Lipinski definition) is 3. The first kappa shape index (κ1) is 23.5. The maximum atomic E-state index is 13.7. The maximum absolute atomic E-state index is 13.7. The van der Waals surface area contributed by atoms with Crippen LogP contribution in [0.15, 0.2) is 109 Å². The van der Waals surface area contributed by atoms with Crippen LogP contribution in [0.2, 0.25) is 0 Å². The van der Waals surface area contributed by atoms with E-state index in [-0.39, 0.29) is 17.9 Å². The third kappa shape index (κ3) is 4.04. The molecule has 4 heteroatoms. The van der Waals surface area contributed by atoms with Crippen LogP contribution in [0.1, 0.15) is 46.8 Å². The molecule has 0 radical (unpaired) electrons. The minimum atomic E-state index is -0.120. The van der Waals surface area contributed by atoms with Gasteiger partial charge in [-0.25, -0.2) is 0 Å². The molecule has 3 atom stereocenters. The van der Waals surface area contributed by atoms with E-state index < -0.39 is 0 Å². The van der Waals surface area contributed by atoms with E-state index >= 15 is 0 Å². The van der Waals surface area contributed by atoms with Crippen LogP contribution in [0.5, 0.6) is 5.75 Å². The normalized spacial score (nSPS) is 19.4. The van der Waals surface area contributed by atoms with Gasteiger partial charge in [-0.2, -0.15) is 0 Å². The zero-order valence-electron chi connectivity index (χ0n) is 21.9. The lowest BCUT2D eigenvalue weighted by atomic mass is 9.74. The van der Waals surface area contributed by atoms with Crippen LogP contribution in [0, 0.1) is 5.92 Å². The van der Waals surface area contributed by atoms with Gasteiger partial charge >= 0.3 is 0 Å². The van der Waals surface area contributed by atoms with E-state index in [4.69, 9.17) is 4.74 Å². The van der Waals surface area contributed by atoms with Crippen molar-refractivity contribution in [2.24, 2.45) is 5.92 Å². The van der Waals surface area contributed by atoms with Gasteiger partial charge in [-0.1, -0.05) is 72.8 Å². The summed E-state index contributed by atoms with van der Waals surface area (Å²) in [5, 5.41) is 12.0. The lowest BCUT2D eigenvalue weighted by Gasteiger charge is -2.39. The van der Waals surface area contributed by atoms with Crippen LogP contribution >= 0.6 is 0 Å². The molecule has 0 aromatic heterocycles. The van der Waals surface area contributed by atoms with Gasteiger partial charge in [0.2, 0.25) is 0 Å². The van der Waals surface area contributed by atoms with Crippen molar-refractivity contribution in [2.45, 2.75) is 25.3 Å². The number of ether oxygens (including phenoxy) is 1. The van der Waals surface area contributed by atoms with E-state index in [1.165, 1.54) is 32.7 Å². The Labute approximate surface area is 228 Å². The van der Waals surface area contributed by atoms with Crippen LogP contribution in [0.4, 0.5) is 11.4 Å². The van der Waals surface area contributed by atoms with Crippen LogP contribution in [-0.4, -0.2) is 12.5 Å². The molecule has 0 spiro atoms. The molecule has 0 fully saturated rings. The molecular weight excluding hydrogens is 480 g/mol. The molecule has 5 aromatic carbocycles. The summed E-state index contributed by atoms with van der Waals surface area (Å²) in [6.07, 6.45) is 5.64. The van der Waals surface area contributed by atoms with Crippen LogP contribution in [0.25, 0.3) is 21.5 Å². The predicted molar refractivity (Wildman–Crippen MR) is 160 cm³/mol. The first-order valence-corrected chi connectivity index (χ1v) is 13.7. The number of amides is 1. The third-order valence-electron chi connectivity index (χ3n) is 8.19. The Hall–Kier alpha value is -4.57. The molecule has 0 saturated heterocycles. The van der Waals surface area contributed by atoms with Gasteiger partial charge in [-0.15, -0.1) is 0 Å². The summed E-state index contributed by atoms with van der Waals surface area (Å²) in [6.45, 7) is 2.57. The van der Waals surface area contributed by atoms with Crippen molar-refractivity contribution in [3.05, 3.63) is 126 Å². The Kier molecular flexibility index (Phi) is 5.81. The number of fused-ring (bicyclic) bond motifs is 5. The fraction of sp³-hybridized carbons (Fsp3) is 0.171. The minimum Gasteiger partial charge on any atom is -0.494 e. The number of benzene rings is 5. The Morgan fingerprint density at radius 3 is 2.33 bits per heavy atom. The summed E-state index contributed by atoms with van der Waals surface area (Å²) >= 11 is 0. The van der Waals surface area contributed by atoms with Crippen molar-refractivity contribution in [3.63, 3.8) is 0 Å². The SMILES string of the molecule is CCOc1ccc(NC(=O)c2cccc3c2NC(c2c4ccccc4cc4ccccc24)C2CC=CC32)cc1. The topological polar surface area (TPSA) is 50.4 Å². The van der Waals surface area contributed by atoms with Crippen LogP contribution in [-0.2, 0) is 0 Å². The van der Waals surface area contributed by atoms with Gasteiger partial charge in [0.25, 0.3) is 5.91 Å². The van der Waals surface area contributed by atoms with Gasteiger partial charge < -0.3 is 15.4 Å². The monoisotopic (exact) mass is 510 g/mol. The fourth-order valence-electron chi connectivity index (χ4n) is 6.48. The Morgan fingerprint density at radius 1 is 0.897 bits per heavy atom. The number of allylic oxidation sites excluding steroid dienone is 2. The van der Waals surface area contributed by atoms with Crippen LogP contribution in [0.3, 0.4) is 0 Å². The minimum absolute atomic E-state index is 0.0629. The maximum Gasteiger partial charge on any atom is 0.257 e. The van der Waals surface area contributed by atoms with Crippen molar-refractivity contribution >= 4 is 38.8 Å². The van der Waals surface area contributed by atoms with Crippen molar-refractivity contribution in [1.82, 2.24) is 0 Å². The Balaban J connectivity index is 1.33. The van der Waals surface area contributed by atoms with Crippen molar-refractivity contribution in [3.8, 4) is 5.75 Å². The highest BCUT2D eigenvalue weighted by Gasteiger charge is 2.40. The highest BCUT2D eigenvalue weighted by atomic mass is 16.5. The molecule has 2 N–H and O–H groups in total. The first-order chi connectivity index (χ1) is 19.2. The number of anilines is 2. The number of carbonyl (C=O) groups excluding carboxylic acids is 1. The largest absolute Gasteiger partial charge is 0.494 e. The molecule has 4 nitrogen and oxygen atoms in total. The van der Waals surface area contributed by atoms with Crippen LogP contribution < -0.4 is 15.4 Å². The van der Waals surface area contributed by atoms with E-state index in [9.17, 15) is 4.79 Å². The molecule has 2 aliphatic rings. The number of hydrogen-bond donors (Lipinski definition) is 2. The van der Waals surface area contributed by atoms with Gasteiger partial charge in [0, 0.05) is 11.6 Å². The van der Waals surface area contributed by atoms with E-state index in [0.29, 0.717) is 18.1 Å². The van der Waals surface area contributed by atoms with Gasteiger partial charge in [-0.3, -0.25) is 4.79 Å². The molecule has 192 valence electrons. The molecule has 1 heterocycles. The van der Waals surface area contributed by atoms with Crippen molar-refractivity contribution in [1.29, 1.82) is 0 Å². The van der Waals surface area contributed by atoms with Crippen molar-refractivity contribution < 1.29 is 9.53 Å². The van der Waals surface area contributed by atoms with Gasteiger partial charge in [-0.05, 0) is 88.3 Å². The summed E-state index contributed by atoms with van der Waals surface area (Å²) in [5.41, 5.74) is 4.83. The average Bonchev–Trinajstić information content (AvgIpc) is 3.47. The van der Waals surface area contributed by atoms with E-state index in [0.717, 1.165) is 23.5 Å². The number of rotatable bonds is 5. The van der Waals surface area contributed by atoms with E-state index in [1.54, 1.807) is 0 Å². The molecule has 39 heavy (non-hydrogen) atoms. The summed E-state index contributed by atoms with van der Waals surface area (Å²) < 4.78 is 5.55. The fourth-order valence-corrected chi connectivity index (χ4v) is 6.48. The Bertz CT molecular complexity index is 1680. The van der Waals surface area contributed by atoms with E-state index in [1.807, 2.05) is 43.3 Å². The highest BCUT2D eigenvalue weighted by molar-refractivity contribution is 6.09. The molecule has 0 bridgehead atoms. The highest BCUT2D eigenvalue weighted by Crippen LogP contribution is 2.52. The van der Waals surface area contributed by atoms with Gasteiger partial charge in [0.1, 0.15) is 5.75 Å². The number of para-hydroxylation sites is 1. The standard InChI is InChI=1S/C35H30N2O2/c1-2-39-25-19-17-24(18-20-25)36-35(38)31-16-8-14-29-28-13-7-15-30(28)34(37-33(29)31)32-26-11-5-3-9-22(26)21-23-10-4-6-12-27(23)32/h3-14,16-21,28,30,34,37H,2,15H2,1H3,(H,36,38). The molecule has 1 aliphatic heterocycles.